The Hall–Kier alpha value is -2.04. The van der Waals surface area contributed by atoms with Crippen LogP contribution in [-0.2, 0) is 0 Å². The third-order valence-electron chi connectivity index (χ3n) is 2.41. The molecule has 0 atom stereocenters. The van der Waals surface area contributed by atoms with Crippen molar-refractivity contribution >= 4 is 23.0 Å². The van der Waals surface area contributed by atoms with Crippen LogP contribution in [0, 0.1) is 5.92 Å². The summed E-state index contributed by atoms with van der Waals surface area (Å²) in [6.07, 6.45) is 0. The molecule has 0 unspecified atom stereocenters. The minimum Gasteiger partial charge on any atom is -0.478 e. The molecule has 0 fully saturated rings. The lowest BCUT2D eigenvalue weighted by molar-refractivity contribution is 0.0697. The number of H-pyrrole nitrogens is 1. The van der Waals surface area contributed by atoms with Crippen molar-refractivity contribution in [3.63, 3.8) is 0 Å². The first kappa shape index (κ1) is 11.4. The lowest BCUT2D eigenvalue weighted by Crippen LogP contribution is -2.08. The summed E-state index contributed by atoms with van der Waals surface area (Å²) >= 11 is 0. The summed E-state index contributed by atoms with van der Waals surface area (Å²) < 4.78 is 0. The predicted molar refractivity (Wildman–Crippen MR) is 66.4 cm³/mol. The Morgan fingerprint density at radius 3 is 2.94 bits per heavy atom. The van der Waals surface area contributed by atoms with Gasteiger partial charge in [-0.2, -0.15) is 0 Å². The number of fused-ring (bicyclic) bond motifs is 1. The second kappa shape index (κ2) is 4.45. The Morgan fingerprint density at radius 2 is 2.29 bits per heavy atom. The molecular formula is C12H15N3O2. The molecule has 3 N–H and O–H groups in total. The number of hydrogen-bond acceptors (Lipinski definition) is 3. The van der Waals surface area contributed by atoms with Gasteiger partial charge in [-0.25, -0.2) is 9.78 Å². The van der Waals surface area contributed by atoms with E-state index in [1.807, 2.05) is 0 Å². The second-order valence-electron chi connectivity index (χ2n) is 4.40. The fourth-order valence-corrected chi connectivity index (χ4v) is 1.53. The number of anilines is 1. The molecule has 1 aromatic heterocycles. The van der Waals surface area contributed by atoms with E-state index in [-0.39, 0.29) is 5.56 Å². The maximum absolute atomic E-state index is 10.8. The molecule has 0 amide bonds. The van der Waals surface area contributed by atoms with Gasteiger partial charge in [0.15, 0.2) is 0 Å². The number of nitrogens with one attached hydrogen (secondary N) is 2. The van der Waals surface area contributed by atoms with Gasteiger partial charge < -0.3 is 15.4 Å². The van der Waals surface area contributed by atoms with Gasteiger partial charge in [0, 0.05) is 6.54 Å². The van der Waals surface area contributed by atoms with E-state index in [9.17, 15) is 4.79 Å². The van der Waals surface area contributed by atoms with Crippen molar-refractivity contribution in [2.24, 2.45) is 5.92 Å². The number of carboxylic acid groups (broad SMARTS) is 1. The number of aromatic carboxylic acids is 1. The quantitative estimate of drug-likeness (QED) is 0.757. The summed E-state index contributed by atoms with van der Waals surface area (Å²) in [4.78, 5) is 18.2. The van der Waals surface area contributed by atoms with Crippen molar-refractivity contribution in [3.05, 3.63) is 23.8 Å². The number of rotatable bonds is 4. The Balaban J connectivity index is 2.27. The Bertz CT molecular complexity index is 546. The number of imidazole rings is 1. The fourth-order valence-electron chi connectivity index (χ4n) is 1.53. The third-order valence-corrected chi connectivity index (χ3v) is 2.41. The summed E-state index contributed by atoms with van der Waals surface area (Å²) in [5.74, 6) is 0.271. The van der Waals surface area contributed by atoms with Gasteiger partial charge in [-0.05, 0) is 24.1 Å². The van der Waals surface area contributed by atoms with Crippen LogP contribution >= 0.6 is 0 Å². The summed E-state index contributed by atoms with van der Waals surface area (Å²) in [5.41, 5.74) is 1.76. The zero-order valence-electron chi connectivity index (χ0n) is 9.82. The highest BCUT2D eigenvalue weighted by Gasteiger charge is 2.07. The smallest absolute Gasteiger partial charge is 0.335 e. The number of carbonyl (C=O) groups is 1. The number of nitrogens with zero attached hydrogens (tertiary/aromatic N) is 1. The van der Waals surface area contributed by atoms with Gasteiger partial charge in [-0.1, -0.05) is 13.8 Å². The topological polar surface area (TPSA) is 78.0 Å². The van der Waals surface area contributed by atoms with Gasteiger partial charge in [0.1, 0.15) is 0 Å². The van der Waals surface area contributed by atoms with Crippen LogP contribution in [0.15, 0.2) is 18.2 Å². The monoisotopic (exact) mass is 233 g/mol. The van der Waals surface area contributed by atoms with Crippen LogP contribution < -0.4 is 5.32 Å². The van der Waals surface area contributed by atoms with E-state index in [0.29, 0.717) is 11.9 Å². The number of aromatic nitrogens is 2. The highest BCUT2D eigenvalue weighted by atomic mass is 16.4. The van der Waals surface area contributed by atoms with E-state index in [1.54, 1.807) is 18.2 Å². The van der Waals surface area contributed by atoms with E-state index in [0.717, 1.165) is 17.6 Å². The summed E-state index contributed by atoms with van der Waals surface area (Å²) in [6, 6.07) is 4.85. The number of hydrogen-bond donors (Lipinski definition) is 3. The fraction of sp³-hybridized carbons (Fsp3) is 0.333. The molecule has 17 heavy (non-hydrogen) atoms. The molecule has 0 radical (unpaired) electrons. The Labute approximate surface area is 98.9 Å². The van der Waals surface area contributed by atoms with Crippen molar-refractivity contribution in [3.8, 4) is 0 Å². The molecule has 0 aliphatic carbocycles. The molecule has 0 aliphatic rings. The van der Waals surface area contributed by atoms with Crippen molar-refractivity contribution in [1.82, 2.24) is 9.97 Å². The van der Waals surface area contributed by atoms with Crippen LogP contribution in [0.25, 0.3) is 11.0 Å². The predicted octanol–water partition coefficient (Wildman–Crippen LogP) is 2.33. The highest BCUT2D eigenvalue weighted by molar-refractivity contribution is 5.92. The summed E-state index contributed by atoms with van der Waals surface area (Å²) in [7, 11) is 0. The third kappa shape index (κ3) is 2.55. The van der Waals surface area contributed by atoms with Crippen LogP contribution in [0.1, 0.15) is 24.2 Å². The van der Waals surface area contributed by atoms with E-state index < -0.39 is 5.97 Å². The summed E-state index contributed by atoms with van der Waals surface area (Å²) in [5, 5.41) is 12.0. The molecule has 2 rings (SSSR count). The molecule has 1 aromatic carbocycles. The van der Waals surface area contributed by atoms with Gasteiger partial charge in [0.2, 0.25) is 5.95 Å². The molecule has 90 valence electrons. The largest absolute Gasteiger partial charge is 0.478 e. The van der Waals surface area contributed by atoms with Crippen LogP contribution in [0.5, 0.6) is 0 Å². The molecule has 0 bridgehead atoms. The van der Waals surface area contributed by atoms with E-state index >= 15 is 0 Å². The molecule has 2 aromatic rings. The van der Waals surface area contributed by atoms with Gasteiger partial charge in [-0.15, -0.1) is 0 Å². The standard InChI is InChI=1S/C12H15N3O2/c1-7(2)6-13-12-14-9-4-3-8(11(16)17)5-10(9)15-12/h3-5,7H,6H2,1-2H3,(H,16,17)(H2,13,14,15). The Kier molecular flexibility index (Phi) is 2.99. The Morgan fingerprint density at radius 1 is 1.53 bits per heavy atom. The normalized spacial score (nSPS) is 11.0. The van der Waals surface area contributed by atoms with E-state index in [2.05, 4.69) is 29.1 Å². The average Bonchev–Trinajstić information content (AvgIpc) is 2.67. The number of aromatic amines is 1. The summed E-state index contributed by atoms with van der Waals surface area (Å²) in [6.45, 7) is 5.04. The molecular weight excluding hydrogens is 218 g/mol. The first-order valence-corrected chi connectivity index (χ1v) is 5.53. The van der Waals surface area contributed by atoms with E-state index in [4.69, 9.17) is 5.11 Å². The lowest BCUT2D eigenvalue weighted by Gasteiger charge is -2.04. The van der Waals surface area contributed by atoms with Crippen LogP contribution in [0.2, 0.25) is 0 Å². The van der Waals surface area contributed by atoms with Gasteiger partial charge in [0.25, 0.3) is 0 Å². The number of carboxylic acids is 1. The van der Waals surface area contributed by atoms with E-state index in [1.165, 1.54) is 0 Å². The SMILES string of the molecule is CC(C)CNc1nc2ccc(C(=O)O)cc2[nH]1. The maximum Gasteiger partial charge on any atom is 0.335 e. The molecule has 5 heteroatoms. The zero-order chi connectivity index (χ0) is 12.4. The average molecular weight is 233 g/mol. The van der Waals surface area contributed by atoms with Gasteiger partial charge in [-0.3, -0.25) is 0 Å². The molecule has 1 heterocycles. The molecule has 0 saturated heterocycles. The number of benzene rings is 1. The van der Waals surface area contributed by atoms with Gasteiger partial charge in [0.05, 0.1) is 16.6 Å². The van der Waals surface area contributed by atoms with Gasteiger partial charge >= 0.3 is 5.97 Å². The zero-order valence-corrected chi connectivity index (χ0v) is 9.82. The van der Waals surface area contributed by atoms with Crippen molar-refractivity contribution in [2.75, 3.05) is 11.9 Å². The molecule has 0 aliphatic heterocycles. The molecule has 0 saturated carbocycles. The first-order chi connectivity index (χ1) is 8.06. The highest BCUT2D eigenvalue weighted by Crippen LogP contribution is 2.16. The van der Waals surface area contributed by atoms with Crippen LogP contribution in [-0.4, -0.2) is 27.6 Å². The first-order valence-electron chi connectivity index (χ1n) is 5.53. The molecule has 0 spiro atoms. The second-order valence-corrected chi connectivity index (χ2v) is 4.40. The lowest BCUT2D eigenvalue weighted by atomic mass is 10.2. The van der Waals surface area contributed by atoms with Crippen molar-refractivity contribution in [2.45, 2.75) is 13.8 Å². The van der Waals surface area contributed by atoms with Crippen LogP contribution in [0.4, 0.5) is 5.95 Å². The van der Waals surface area contributed by atoms with Crippen LogP contribution in [0.3, 0.4) is 0 Å². The maximum atomic E-state index is 10.8. The van der Waals surface area contributed by atoms with Crippen molar-refractivity contribution in [1.29, 1.82) is 0 Å². The van der Waals surface area contributed by atoms with Crippen molar-refractivity contribution < 1.29 is 9.90 Å². The minimum atomic E-state index is -0.932. The molecule has 5 nitrogen and oxygen atoms in total. The minimum absolute atomic E-state index is 0.261.